The summed E-state index contributed by atoms with van der Waals surface area (Å²) in [6.45, 7) is 6.36. The Bertz CT molecular complexity index is 255. The molecule has 0 aromatic heterocycles. The van der Waals surface area contributed by atoms with Gasteiger partial charge >= 0.3 is 0 Å². The Kier molecular flexibility index (Phi) is 3.73. The molecule has 0 aliphatic carbocycles. The summed E-state index contributed by atoms with van der Waals surface area (Å²) in [4.78, 5) is 0. The van der Waals surface area contributed by atoms with Crippen LogP contribution in [0.25, 0.3) is 0 Å². The van der Waals surface area contributed by atoms with E-state index in [1.54, 1.807) is 0 Å². The summed E-state index contributed by atoms with van der Waals surface area (Å²) in [5.41, 5.74) is 0.0727. The van der Waals surface area contributed by atoms with E-state index in [-0.39, 0.29) is 5.54 Å². The molecule has 0 amide bonds. The predicted octanol–water partition coefficient (Wildman–Crippen LogP) is 3.25. The lowest BCUT2D eigenvalue weighted by atomic mass is 10.1. The van der Waals surface area contributed by atoms with Crippen LogP contribution in [0.2, 0.25) is 0 Å². The number of nitrogens with one attached hydrogen (secondary N) is 1. The third-order valence-electron chi connectivity index (χ3n) is 1.42. The second-order valence-corrected chi connectivity index (χ2v) is 6.29. The summed E-state index contributed by atoms with van der Waals surface area (Å²) in [5, 5.41) is 4.54. The molecule has 0 aliphatic rings. The second-order valence-electron chi connectivity index (χ2n) is 3.98. The van der Waals surface area contributed by atoms with Crippen molar-refractivity contribution >= 4 is 24.0 Å². The Morgan fingerprint density at radius 2 is 1.69 bits per heavy atom. The Labute approximate surface area is 86.1 Å². The number of hydrogen-bond acceptors (Lipinski definition) is 1. The lowest BCUT2D eigenvalue weighted by Crippen LogP contribution is -2.32. The van der Waals surface area contributed by atoms with Gasteiger partial charge in [-0.15, -0.1) is 0 Å². The smallest absolute Gasteiger partial charge is 0.0922 e. The van der Waals surface area contributed by atoms with Crippen molar-refractivity contribution in [2.45, 2.75) is 26.3 Å². The maximum absolute atomic E-state index is 6.24. The molecule has 72 valence electrons. The molecule has 0 aliphatic heterocycles. The van der Waals surface area contributed by atoms with Crippen molar-refractivity contribution in [3.05, 3.63) is 30.3 Å². The highest BCUT2D eigenvalue weighted by Crippen LogP contribution is 2.37. The topological polar surface area (TPSA) is 12.0 Å². The van der Waals surface area contributed by atoms with Gasteiger partial charge < -0.3 is 0 Å². The van der Waals surface area contributed by atoms with Gasteiger partial charge in [-0.2, -0.15) is 0 Å². The van der Waals surface area contributed by atoms with E-state index in [1.807, 2.05) is 18.2 Å². The zero-order chi connectivity index (χ0) is 9.90. The van der Waals surface area contributed by atoms with Gasteiger partial charge in [-0.25, -0.2) is 0 Å². The Morgan fingerprint density at radius 1 is 1.15 bits per heavy atom. The van der Waals surface area contributed by atoms with E-state index in [4.69, 9.17) is 11.2 Å². The SMILES string of the molecule is CC(C)(C)NP(Cl)c1ccccc1. The molecule has 1 atom stereocenters. The average Bonchev–Trinajstić information content (AvgIpc) is 2.03. The van der Waals surface area contributed by atoms with E-state index in [1.165, 1.54) is 5.30 Å². The van der Waals surface area contributed by atoms with E-state index >= 15 is 0 Å². The van der Waals surface area contributed by atoms with Crippen LogP contribution in [0.15, 0.2) is 30.3 Å². The number of rotatable bonds is 2. The summed E-state index contributed by atoms with van der Waals surface area (Å²) in [7, 11) is -0.742. The lowest BCUT2D eigenvalue weighted by Gasteiger charge is -2.24. The number of halogens is 1. The molecule has 0 fully saturated rings. The summed E-state index contributed by atoms with van der Waals surface area (Å²) in [6.07, 6.45) is 0. The number of hydrogen-bond donors (Lipinski definition) is 1. The lowest BCUT2D eigenvalue weighted by molar-refractivity contribution is 0.532. The van der Waals surface area contributed by atoms with Crippen LogP contribution in [0.1, 0.15) is 20.8 Å². The third kappa shape index (κ3) is 4.08. The van der Waals surface area contributed by atoms with Crippen LogP contribution in [0, 0.1) is 0 Å². The molecular weight excluding hydrogens is 201 g/mol. The van der Waals surface area contributed by atoms with Gasteiger partial charge in [-0.05, 0) is 20.8 Å². The average molecular weight is 216 g/mol. The van der Waals surface area contributed by atoms with Gasteiger partial charge in [0.05, 0.1) is 7.43 Å². The zero-order valence-electron chi connectivity index (χ0n) is 8.21. The molecule has 13 heavy (non-hydrogen) atoms. The first-order chi connectivity index (χ1) is 5.99. The number of benzene rings is 1. The normalized spacial score (nSPS) is 14.2. The molecule has 1 nitrogen and oxygen atoms in total. The fourth-order valence-electron chi connectivity index (χ4n) is 0.918. The maximum Gasteiger partial charge on any atom is 0.0922 e. The molecule has 0 spiro atoms. The molecule has 1 aromatic carbocycles. The fourth-order valence-corrected chi connectivity index (χ4v) is 3.17. The highest BCUT2D eigenvalue weighted by molar-refractivity contribution is 7.88. The van der Waals surface area contributed by atoms with E-state index < -0.39 is 7.43 Å². The standard InChI is InChI=1S/C10H15ClNP/c1-10(2,3)12-13(11)9-7-5-4-6-8-9/h4-8,12H,1-3H3. The monoisotopic (exact) mass is 215 g/mol. The van der Waals surface area contributed by atoms with E-state index in [2.05, 4.69) is 38.0 Å². The van der Waals surface area contributed by atoms with Crippen LogP contribution in [-0.2, 0) is 0 Å². The minimum absolute atomic E-state index is 0.0727. The Morgan fingerprint density at radius 3 is 2.15 bits per heavy atom. The van der Waals surface area contributed by atoms with Crippen LogP contribution >= 0.6 is 18.7 Å². The molecule has 0 saturated carbocycles. The molecule has 3 heteroatoms. The Balaban J connectivity index is 2.64. The molecule has 0 radical (unpaired) electrons. The molecular formula is C10H15ClNP. The van der Waals surface area contributed by atoms with Crippen molar-refractivity contribution in [2.75, 3.05) is 0 Å². The van der Waals surface area contributed by atoms with Crippen molar-refractivity contribution < 1.29 is 0 Å². The summed E-state index contributed by atoms with van der Waals surface area (Å²) in [6, 6.07) is 10.1. The second kappa shape index (κ2) is 4.41. The first-order valence-electron chi connectivity index (χ1n) is 4.28. The van der Waals surface area contributed by atoms with Crippen molar-refractivity contribution in [3.8, 4) is 0 Å². The Hall–Kier alpha value is -0.100. The molecule has 0 heterocycles. The molecule has 0 saturated heterocycles. The molecule has 1 unspecified atom stereocenters. The van der Waals surface area contributed by atoms with Crippen LogP contribution in [0.4, 0.5) is 0 Å². The minimum atomic E-state index is -0.742. The van der Waals surface area contributed by atoms with Gasteiger partial charge in [-0.3, -0.25) is 5.09 Å². The fraction of sp³-hybridized carbons (Fsp3) is 0.400. The highest BCUT2D eigenvalue weighted by Gasteiger charge is 2.16. The van der Waals surface area contributed by atoms with Gasteiger partial charge in [0.2, 0.25) is 0 Å². The van der Waals surface area contributed by atoms with E-state index in [0.29, 0.717) is 0 Å². The maximum atomic E-state index is 6.24. The van der Waals surface area contributed by atoms with E-state index in [0.717, 1.165) is 0 Å². The largest absolute Gasteiger partial charge is 0.275 e. The van der Waals surface area contributed by atoms with Crippen molar-refractivity contribution in [1.29, 1.82) is 0 Å². The van der Waals surface area contributed by atoms with Gasteiger partial charge in [0.1, 0.15) is 0 Å². The molecule has 1 rings (SSSR count). The van der Waals surface area contributed by atoms with Crippen molar-refractivity contribution in [1.82, 2.24) is 5.09 Å². The summed E-state index contributed by atoms with van der Waals surface area (Å²) in [5.74, 6) is 0. The zero-order valence-corrected chi connectivity index (χ0v) is 9.86. The predicted molar refractivity (Wildman–Crippen MR) is 61.7 cm³/mol. The van der Waals surface area contributed by atoms with Crippen molar-refractivity contribution in [2.24, 2.45) is 0 Å². The molecule has 1 aromatic rings. The summed E-state index contributed by atoms with van der Waals surface area (Å²) >= 11 is 6.24. The van der Waals surface area contributed by atoms with Crippen LogP contribution in [0.5, 0.6) is 0 Å². The van der Waals surface area contributed by atoms with Gasteiger partial charge in [-0.1, -0.05) is 41.6 Å². The van der Waals surface area contributed by atoms with Crippen LogP contribution < -0.4 is 10.4 Å². The first-order valence-corrected chi connectivity index (χ1v) is 6.52. The van der Waals surface area contributed by atoms with Gasteiger partial charge in [0.25, 0.3) is 0 Å². The highest BCUT2D eigenvalue weighted by atomic mass is 35.7. The summed E-state index contributed by atoms with van der Waals surface area (Å²) < 4.78 is 0. The quantitative estimate of drug-likeness (QED) is 0.747. The van der Waals surface area contributed by atoms with Gasteiger partial charge in [0, 0.05) is 10.8 Å². The third-order valence-corrected chi connectivity index (χ3v) is 3.87. The minimum Gasteiger partial charge on any atom is -0.275 e. The van der Waals surface area contributed by atoms with Crippen LogP contribution in [0.3, 0.4) is 0 Å². The molecule has 0 bridgehead atoms. The molecule has 1 N–H and O–H groups in total. The van der Waals surface area contributed by atoms with Gasteiger partial charge in [0.15, 0.2) is 0 Å². The van der Waals surface area contributed by atoms with Crippen LogP contribution in [-0.4, -0.2) is 5.54 Å². The first kappa shape index (κ1) is 11.0. The van der Waals surface area contributed by atoms with Crippen molar-refractivity contribution in [3.63, 3.8) is 0 Å². The van der Waals surface area contributed by atoms with E-state index in [9.17, 15) is 0 Å².